The molecule has 14 heteroatoms. The van der Waals surface area contributed by atoms with Gasteiger partial charge in [-0.2, -0.15) is 0 Å². The number of hydrogen-bond donors (Lipinski definition) is 2. The van der Waals surface area contributed by atoms with Gasteiger partial charge in [-0.1, -0.05) is 39.0 Å². The highest BCUT2D eigenvalue weighted by Gasteiger charge is 2.49. The lowest BCUT2D eigenvalue weighted by Gasteiger charge is -2.43. The summed E-state index contributed by atoms with van der Waals surface area (Å²) in [5.74, 6) is 1.89. The Hall–Kier alpha value is -5.76. The van der Waals surface area contributed by atoms with Crippen molar-refractivity contribution in [2.45, 2.75) is 91.1 Å². The maximum Gasteiger partial charge on any atom is 0.254 e. The molecule has 0 saturated carbocycles. The van der Waals surface area contributed by atoms with Crippen LogP contribution in [0, 0.1) is 6.92 Å². The van der Waals surface area contributed by atoms with Crippen molar-refractivity contribution in [1.29, 1.82) is 0 Å². The molecule has 3 amide bonds. The number of ether oxygens (including phenoxy) is 2. The largest absolute Gasteiger partial charge is 0.496 e. The molecular formula is C45H57N9O5. The monoisotopic (exact) mass is 803 g/mol. The molecule has 8 rings (SSSR count). The van der Waals surface area contributed by atoms with Crippen LogP contribution in [0.3, 0.4) is 0 Å². The summed E-state index contributed by atoms with van der Waals surface area (Å²) in [5, 5.41) is 14.8. The van der Waals surface area contributed by atoms with Gasteiger partial charge in [-0.15, -0.1) is 10.2 Å². The Bertz CT molecular complexity index is 2160. The van der Waals surface area contributed by atoms with Gasteiger partial charge in [-0.25, -0.2) is 4.98 Å². The van der Waals surface area contributed by atoms with Gasteiger partial charge in [0.25, 0.3) is 5.91 Å². The summed E-state index contributed by atoms with van der Waals surface area (Å²) < 4.78 is 12.3. The standard InChI is InChI=1S/C43H51N9O5.C2H6/c1-5-43-21-33(25-52(43)37-20-36(47-48-40(37)45-26-43)34-8-6-7-9-38(34)56-4)57-41-28(2)18-30(22-44-41)23-49-14-16-50(17-15-49)32-12-11-31-24-51(42(55)35(31)19-32)29(3)10-13-39(54)46-27-53;1-2/h6-9,11-12,18-20,22,27,29,33H,5,10,13-17,21,23-26H2,1-4H3,(H,45,48)(H,46,53,54);1-2H3. The predicted molar refractivity (Wildman–Crippen MR) is 229 cm³/mol. The van der Waals surface area contributed by atoms with E-state index in [4.69, 9.17) is 14.5 Å². The zero-order valence-corrected chi connectivity index (χ0v) is 35.2. The van der Waals surface area contributed by atoms with Gasteiger partial charge in [0, 0.05) is 93.3 Å². The molecular weight excluding hydrogens is 747 g/mol. The molecule has 0 bridgehead atoms. The quantitative estimate of drug-likeness (QED) is 0.157. The Morgan fingerprint density at radius 2 is 1.86 bits per heavy atom. The molecule has 2 saturated heterocycles. The number of nitrogens with one attached hydrogen (secondary N) is 2. The lowest BCUT2D eigenvalue weighted by molar-refractivity contribution is -0.125. The zero-order valence-electron chi connectivity index (χ0n) is 35.2. The molecule has 3 atom stereocenters. The van der Waals surface area contributed by atoms with Gasteiger partial charge in [0.2, 0.25) is 18.2 Å². The number of imide groups is 1. The fourth-order valence-corrected chi connectivity index (χ4v) is 8.91. The normalized spacial score (nSPS) is 20.1. The first-order chi connectivity index (χ1) is 28.7. The van der Waals surface area contributed by atoms with E-state index in [1.165, 1.54) is 0 Å². The highest BCUT2D eigenvalue weighted by molar-refractivity contribution is 5.99. The van der Waals surface area contributed by atoms with Gasteiger partial charge < -0.3 is 29.5 Å². The third-order valence-corrected chi connectivity index (χ3v) is 12.2. The van der Waals surface area contributed by atoms with E-state index in [1.807, 2.05) is 62.2 Å². The smallest absolute Gasteiger partial charge is 0.254 e. The second-order valence-electron chi connectivity index (χ2n) is 15.7. The van der Waals surface area contributed by atoms with Crippen LogP contribution in [0.25, 0.3) is 11.3 Å². The van der Waals surface area contributed by atoms with Crippen molar-refractivity contribution in [1.82, 2.24) is 30.3 Å². The molecule has 2 aromatic carbocycles. The molecule has 312 valence electrons. The van der Waals surface area contributed by atoms with Crippen molar-refractivity contribution >= 4 is 35.4 Å². The van der Waals surface area contributed by atoms with Gasteiger partial charge in [0.05, 0.1) is 30.6 Å². The third kappa shape index (κ3) is 8.54. The number of para-hydroxylation sites is 1. The van der Waals surface area contributed by atoms with E-state index < -0.39 is 0 Å². The van der Waals surface area contributed by atoms with Crippen LogP contribution in [0.5, 0.6) is 11.6 Å². The summed E-state index contributed by atoms with van der Waals surface area (Å²) in [7, 11) is 1.67. The molecule has 6 heterocycles. The van der Waals surface area contributed by atoms with E-state index in [9.17, 15) is 14.4 Å². The number of aryl methyl sites for hydroxylation is 1. The van der Waals surface area contributed by atoms with Crippen molar-refractivity contribution in [3.05, 3.63) is 83.0 Å². The first kappa shape index (κ1) is 41.4. The summed E-state index contributed by atoms with van der Waals surface area (Å²) in [6.45, 7) is 16.6. The Morgan fingerprint density at radius 3 is 2.61 bits per heavy atom. The van der Waals surface area contributed by atoms with Crippen LogP contribution in [0.15, 0.2) is 60.8 Å². The van der Waals surface area contributed by atoms with Crippen LogP contribution in [-0.2, 0) is 22.7 Å². The molecule has 2 aromatic heterocycles. The maximum absolute atomic E-state index is 13.4. The van der Waals surface area contributed by atoms with Crippen molar-refractivity contribution in [3.63, 3.8) is 0 Å². The SMILES string of the molecule is CC.CCC12CNc3nnc(-c4ccccc4OC)cc3N1CC(Oc1ncc(CN3CCN(c4ccc5c(c4)C(=O)N(C(C)CCC(=O)NC=O)C5)CC3)cc1C)C2. The highest BCUT2D eigenvalue weighted by atomic mass is 16.5. The maximum atomic E-state index is 13.4. The van der Waals surface area contributed by atoms with Crippen LogP contribution in [0.2, 0.25) is 0 Å². The summed E-state index contributed by atoms with van der Waals surface area (Å²) in [4.78, 5) is 49.6. The minimum atomic E-state index is -0.331. The molecule has 4 aliphatic heterocycles. The van der Waals surface area contributed by atoms with E-state index in [0.717, 1.165) is 115 Å². The molecule has 0 spiro atoms. The number of amides is 3. The van der Waals surface area contributed by atoms with Gasteiger partial charge in [-0.05, 0) is 74.2 Å². The summed E-state index contributed by atoms with van der Waals surface area (Å²) in [6, 6.07) is 18.3. The van der Waals surface area contributed by atoms with Gasteiger partial charge in [-0.3, -0.25) is 24.6 Å². The molecule has 0 aliphatic carbocycles. The molecule has 0 radical (unpaired) electrons. The van der Waals surface area contributed by atoms with Crippen molar-refractivity contribution < 1.29 is 23.9 Å². The number of fused-ring (bicyclic) bond motifs is 4. The second kappa shape index (κ2) is 18.0. The number of anilines is 3. The number of benzene rings is 2. The van der Waals surface area contributed by atoms with Gasteiger partial charge in [0.15, 0.2) is 5.82 Å². The zero-order chi connectivity index (χ0) is 41.7. The third-order valence-electron chi connectivity index (χ3n) is 12.2. The number of rotatable bonds is 13. The molecule has 2 N–H and O–H groups in total. The minimum absolute atomic E-state index is 0.00580. The molecule has 2 fully saturated rings. The van der Waals surface area contributed by atoms with Crippen LogP contribution in [-0.4, -0.2) is 107 Å². The van der Waals surface area contributed by atoms with Gasteiger partial charge in [0.1, 0.15) is 11.9 Å². The van der Waals surface area contributed by atoms with E-state index in [1.54, 1.807) is 7.11 Å². The number of hydrogen-bond acceptors (Lipinski definition) is 12. The predicted octanol–water partition coefficient (Wildman–Crippen LogP) is 5.83. The number of aromatic nitrogens is 3. The Morgan fingerprint density at radius 1 is 1.07 bits per heavy atom. The Balaban J connectivity index is 0.00000260. The first-order valence-corrected chi connectivity index (χ1v) is 21.0. The Kier molecular flexibility index (Phi) is 12.6. The number of carbonyl (C=O) groups excluding carboxylic acids is 3. The number of piperazine rings is 1. The average molecular weight is 804 g/mol. The topological polar surface area (TPSA) is 145 Å². The van der Waals surface area contributed by atoms with E-state index in [-0.39, 0.29) is 35.9 Å². The number of nitrogens with zero attached hydrogens (tertiary/aromatic N) is 7. The van der Waals surface area contributed by atoms with Crippen LogP contribution in [0.4, 0.5) is 17.2 Å². The van der Waals surface area contributed by atoms with Crippen LogP contribution >= 0.6 is 0 Å². The molecule has 14 nitrogen and oxygen atoms in total. The van der Waals surface area contributed by atoms with Crippen molar-refractivity contribution in [3.8, 4) is 22.9 Å². The van der Waals surface area contributed by atoms with Crippen molar-refractivity contribution in [2.75, 3.05) is 61.5 Å². The lowest BCUT2D eigenvalue weighted by Crippen LogP contribution is -2.52. The summed E-state index contributed by atoms with van der Waals surface area (Å²) >= 11 is 0. The number of pyridine rings is 1. The van der Waals surface area contributed by atoms with Crippen LogP contribution < -0.4 is 29.9 Å². The molecule has 4 aromatic rings. The summed E-state index contributed by atoms with van der Waals surface area (Å²) in [5.41, 5.74) is 7.58. The second-order valence-corrected chi connectivity index (χ2v) is 15.7. The van der Waals surface area contributed by atoms with Crippen molar-refractivity contribution in [2.24, 2.45) is 0 Å². The van der Waals surface area contributed by atoms with E-state index in [2.05, 4.69) is 73.6 Å². The van der Waals surface area contributed by atoms with E-state index >= 15 is 0 Å². The molecule has 3 unspecified atom stereocenters. The molecule has 4 aliphatic rings. The highest BCUT2D eigenvalue weighted by Crippen LogP contribution is 2.45. The minimum Gasteiger partial charge on any atom is -0.496 e. The average Bonchev–Trinajstić information content (AvgIpc) is 3.82. The van der Waals surface area contributed by atoms with E-state index in [0.29, 0.717) is 25.3 Å². The first-order valence-electron chi connectivity index (χ1n) is 21.0. The summed E-state index contributed by atoms with van der Waals surface area (Å²) in [6.07, 6.45) is 4.83. The fraction of sp³-hybridized carbons (Fsp3) is 0.467. The lowest BCUT2D eigenvalue weighted by atomic mass is 9.90. The molecule has 59 heavy (non-hydrogen) atoms. The number of carbonyl (C=O) groups is 3. The Labute approximate surface area is 347 Å². The fourth-order valence-electron chi connectivity index (χ4n) is 8.91. The van der Waals surface area contributed by atoms with Crippen LogP contribution in [0.1, 0.15) is 80.4 Å². The van der Waals surface area contributed by atoms with Gasteiger partial charge >= 0.3 is 0 Å². The number of methoxy groups -OCH3 is 1.